The van der Waals surface area contributed by atoms with Gasteiger partial charge in [-0.15, -0.1) is 0 Å². The van der Waals surface area contributed by atoms with E-state index in [0.29, 0.717) is 17.7 Å². The molecule has 2 aliphatic carbocycles. The predicted molar refractivity (Wildman–Crippen MR) is 78.7 cm³/mol. The topological polar surface area (TPSA) is 52.9 Å². The van der Waals surface area contributed by atoms with Crippen LogP contribution in [-0.2, 0) is 11.8 Å². The first-order valence-corrected chi connectivity index (χ1v) is 7.71. The van der Waals surface area contributed by atoms with E-state index < -0.39 is 6.10 Å². The van der Waals surface area contributed by atoms with E-state index in [9.17, 15) is 10.2 Å². The van der Waals surface area contributed by atoms with Crippen molar-refractivity contribution in [3.05, 3.63) is 35.4 Å². The van der Waals surface area contributed by atoms with Crippen LogP contribution < -0.4 is 34.3 Å². The number of ether oxygens (including phenoxy) is 1. The van der Waals surface area contributed by atoms with E-state index in [0.717, 1.165) is 19.4 Å². The van der Waals surface area contributed by atoms with E-state index in [1.54, 1.807) is 6.07 Å². The summed E-state index contributed by atoms with van der Waals surface area (Å²) < 4.78 is 6.09. The van der Waals surface area contributed by atoms with Gasteiger partial charge >= 0.3 is 29.6 Å². The minimum absolute atomic E-state index is 0. The molecule has 0 amide bonds. The largest absolute Gasteiger partial charge is 1.00 e. The zero-order chi connectivity index (χ0) is 14.4. The summed E-state index contributed by atoms with van der Waals surface area (Å²) in [6, 6.07) is 4.23. The fourth-order valence-corrected chi connectivity index (χ4v) is 5.24. The number of nitrogens with zero attached hydrogens (tertiary/aromatic N) is 1. The fraction of sp³-hybridized carbons (Fsp3) is 0.529. The third-order valence-corrected chi connectivity index (χ3v) is 6.15. The molecule has 2 N–H and O–H groups in total. The van der Waals surface area contributed by atoms with E-state index in [1.807, 2.05) is 12.1 Å². The summed E-state index contributed by atoms with van der Waals surface area (Å²) in [5.74, 6) is 1.19. The second-order valence-corrected chi connectivity index (χ2v) is 6.93. The van der Waals surface area contributed by atoms with Crippen LogP contribution in [0.2, 0.25) is 0 Å². The summed E-state index contributed by atoms with van der Waals surface area (Å²) in [5.41, 5.74) is 2.29. The van der Waals surface area contributed by atoms with Crippen LogP contribution in [-0.4, -0.2) is 47.0 Å². The van der Waals surface area contributed by atoms with Crippen molar-refractivity contribution < 1.29 is 45.9 Å². The first-order valence-electron chi connectivity index (χ1n) is 7.71. The number of hydrogen-bond acceptors (Lipinski definition) is 4. The summed E-state index contributed by atoms with van der Waals surface area (Å²) in [5, 5.41) is 20.6. The summed E-state index contributed by atoms with van der Waals surface area (Å²) in [6.07, 6.45) is 5.18. The van der Waals surface area contributed by atoms with E-state index >= 15 is 0 Å². The van der Waals surface area contributed by atoms with Crippen LogP contribution in [0, 0.1) is 5.92 Å². The van der Waals surface area contributed by atoms with Crippen molar-refractivity contribution in [1.82, 2.24) is 4.90 Å². The Balaban J connectivity index is 0.000000781. The number of piperidine rings is 1. The Morgan fingerprint density at radius 2 is 2.18 bits per heavy atom. The van der Waals surface area contributed by atoms with Crippen molar-refractivity contribution in [3.8, 4) is 11.5 Å². The summed E-state index contributed by atoms with van der Waals surface area (Å²) in [4.78, 5) is 2.43. The SMILES string of the molecule is CN1CC[C@]23c4c5ccc(O)c4O[C@H]2[C@@H](O)C=C[C@H]3[C@H]1C5.[H-].[Na+]. The molecule has 1 saturated heterocycles. The first kappa shape index (κ1) is 15.0. The molecule has 22 heavy (non-hydrogen) atoms. The molecule has 2 aliphatic heterocycles. The van der Waals surface area contributed by atoms with E-state index in [1.165, 1.54) is 11.1 Å². The maximum Gasteiger partial charge on any atom is 1.00 e. The number of phenolic OH excluding ortho intramolecular Hbond substituents is 1. The molecule has 0 unspecified atom stereocenters. The van der Waals surface area contributed by atoms with Crippen molar-refractivity contribution >= 4 is 0 Å². The summed E-state index contributed by atoms with van der Waals surface area (Å²) in [7, 11) is 2.19. The Kier molecular flexibility index (Phi) is 3.24. The van der Waals surface area contributed by atoms with Crippen molar-refractivity contribution in [2.45, 2.75) is 36.5 Å². The number of rotatable bonds is 0. The average molecular weight is 309 g/mol. The van der Waals surface area contributed by atoms with Crippen molar-refractivity contribution in [1.29, 1.82) is 0 Å². The van der Waals surface area contributed by atoms with Gasteiger partial charge in [-0.1, -0.05) is 18.2 Å². The number of phenols is 1. The fourth-order valence-electron chi connectivity index (χ4n) is 5.24. The van der Waals surface area contributed by atoms with Crippen LogP contribution in [0.5, 0.6) is 11.5 Å². The van der Waals surface area contributed by atoms with Crippen LogP contribution in [0.15, 0.2) is 24.3 Å². The van der Waals surface area contributed by atoms with Gasteiger partial charge < -0.3 is 21.3 Å². The van der Waals surface area contributed by atoms with Crippen LogP contribution in [0.3, 0.4) is 0 Å². The zero-order valence-electron chi connectivity index (χ0n) is 14.0. The molecule has 112 valence electrons. The molecule has 4 aliphatic rings. The van der Waals surface area contributed by atoms with Crippen LogP contribution in [0.4, 0.5) is 0 Å². The van der Waals surface area contributed by atoms with Crippen molar-refractivity contribution in [3.63, 3.8) is 0 Å². The molecule has 5 atom stereocenters. The zero-order valence-corrected chi connectivity index (χ0v) is 15.0. The number of aromatic hydroxyl groups is 1. The smallest absolute Gasteiger partial charge is 1.00 e. The predicted octanol–water partition coefficient (Wildman–Crippen LogP) is -1.69. The molecular formula is C17H20NNaO3. The molecule has 5 rings (SSSR count). The third kappa shape index (κ3) is 1.55. The molecule has 0 saturated carbocycles. The number of aliphatic hydroxyl groups excluding tert-OH is 1. The molecular weight excluding hydrogens is 289 g/mol. The Bertz CT molecular complexity index is 682. The molecule has 0 aromatic heterocycles. The number of aliphatic hydroxyl groups is 1. The third-order valence-electron chi connectivity index (χ3n) is 6.15. The Morgan fingerprint density at radius 3 is 3.00 bits per heavy atom. The van der Waals surface area contributed by atoms with Gasteiger partial charge in [0.15, 0.2) is 11.5 Å². The van der Waals surface area contributed by atoms with E-state index in [-0.39, 0.29) is 48.3 Å². The molecule has 1 spiro atoms. The van der Waals surface area contributed by atoms with E-state index in [4.69, 9.17) is 4.74 Å². The van der Waals surface area contributed by atoms with Crippen molar-refractivity contribution in [2.75, 3.05) is 13.6 Å². The van der Waals surface area contributed by atoms with Gasteiger partial charge in [0.1, 0.15) is 12.2 Å². The van der Waals surface area contributed by atoms with Gasteiger partial charge in [-0.2, -0.15) is 0 Å². The second-order valence-electron chi connectivity index (χ2n) is 6.93. The Hall–Kier alpha value is -0.520. The summed E-state index contributed by atoms with van der Waals surface area (Å²) >= 11 is 0. The summed E-state index contributed by atoms with van der Waals surface area (Å²) in [6.45, 7) is 1.01. The standard InChI is InChI=1S/C17H19NO3.Na.H/c1-18-7-6-17-10-3-5-13(20)16(17)21-15-12(19)4-2-9(14(15)17)8-11(10)18;;/h2-5,10-11,13,16,19-20H,6-8H2,1H3;;/q;+1;-1/t10-,11+,13-,16-,17-;;/m0../s1. The Morgan fingerprint density at radius 1 is 1.36 bits per heavy atom. The molecule has 5 heteroatoms. The van der Waals surface area contributed by atoms with Crippen molar-refractivity contribution in [2.24, 2.45) is 5.92 Å². The quantitative estimate of drug-likeness (QED) is 0.444. The van der Waals surface area contributed by atoms with Crippen LogP contribution >= 0.6 is 0 Å². The van der Waals surface area contributed by atoms with Gasteiger partial charge in [0.05, 0.1) is 0 Å². The van der Waals surface area contributed by atoms with Crippen LogP contribution in [0.25, 0.3) is 0 Å². The molecule has 2 bridgehead atoms. The molecule has 1 aromatic carbocycles. The monoisotopic (exact) mass is 309 g/mol. The number of likely N-dealkylation sites (tertiary alicyclic amines) is 1. The molecule has 2 heterocycles. The number of benzene rings is 1. The van der Waals surface area contributed by atoms with Gasteiger partial charge in [0.2, 0.25) is 0 Å². The maximum absolute atomic E-state index is 10.4. The Labute approximate surface area is 153 Å². The average Bonchev–Trinajstić information content (AvgIpc) is 2.83. The number of hydrogen-bond donors (Lipinski definition) is 2. The van der Waals surface area contributed by atoms with Crippen LogP contribution in [0.1, 0.15) is 19.0 Å². The van der Waals surface area contributed by atoms with Gasteiger partial charge in [0.25, 0.3) is 0 Å². The second kappa shape index (κ2) is 4.74. The molecule has 0 radical (unpaired) electrons. The molecule has 4 nitrogen and oxygen atoms in total. The van der Waals surface area contributed by atoms with Gasteiger partial charge in [-0.3, -0.25) is 0 Å². The minimum atomic E-state index is -0.594. The normalized spacial score (nSPS) is 40.6. The number of likely N-dealkylation sites (N-methyl/N-ethyl adjacent to an activating group) is 1. The minimum Gasteiger partial charge on any atom is -1.00 e. The van der Waals surface area contributed by atoms with Gasteiger partial charge in [0, 0.05) is 22.9 Å². The maximum atomic E-state index is 10.4. The first-order chi connectivity index (χ1) is 10.1. The van der Waals surface area contributed by atoms with E-state index in [2.05, 4.69) is 18.0 Å². The molecule has 1 aromatic rings. The van der Waals surface area contributed by atoms with Gasteiger partial charge in [-0.25, -0.2) is 0 Å². The molecule has 1 fully saturated rings. The van der Waals surface area contributed by atoms with Gasteiger partial charge in [-0.05, 0) is 38.1 Å².